The molecule has 2 atom stereocenters. The van der Waals surface area contributed by atoms with Gasteiger partial charge in [0.2, 0.25) is 0 Å². The first-order valence-corrected chi connectivity index (χ1v) is 9.91. The van der Waals surface area contributed by atoms with Crippen LogP contribution in [0.5, 0.6) is 11.5 Å². The number of hydrogen-bond acceptors (Lipinski definition) is 5. The molecule has 150 valence electrons. The van der Waals surface area contributed by atoms with Gasteiger partial charge in [0.25, 0.3) is 5.91 Å². The van der Waals surface area contributed by atoms with Gasteiger partial charge in [-0.3, -0.25) is 4.79 Å². The van der Waals surface area contributed by atoms with Crippen LogP contribution in [0.2, 0.25) is 0 Å². The number of rotatable bonds is 9. The van der Waals surface area contributed by atoms with Gasteiger partial charge in [0.1, 0.15) is 0 Å². The summed E-state index contributed by atoms with van der Waals surface area (Å²) in [6.45, 7) is 6.79. The minimum atomic E-state index is -0.551. The molecule has 0 bridgehead atoms. The molecular weight excluding hydrogens is 346 g/mol. The minimum Gasteiger partial charge on any atom is -0.490 e. The predicted molar refractivity (Wildman–Crippen MR) is 103 cm³/mol. The number of carbonyl (C=O) groups is 2. The Morgan fingerprint density at radius 3 is 2.59 bits per heavy atom. The molecule has 2 rings (SSSR count). The molecule has 1 amide bonds. The smallest absolute Gasteiger partial charge is 0.338 e. The van der Waals surface area contributed by atoms with Gasteiger partial charge in [-0.1, -0.05) is 26.7 Å². The highest BCUT2D eigenvalue weighted by molar-refractivity contribution is 5.92. The molecule has 1 aliphatic rings. The van der Waals surface area contributed by atoms with Gasteiger partial charge in [-0.25, -0.2) is 4.79 Å². The van der Waals surface area contributed by atoms with Crippen LogP contribution in [0.4, 0.5) is 0 Å². The molecule has 1 N–H and O–H groups in total. The summed E-state index contributed by atoms with van der Waals surface area (Å²) in [6, 6.07) is 5.08. The van der Waals surface area contributed by atoms with Crippen molar-refractivity contribution in [1.82, 2.24) is 5.32 Å². The lowest BCUT2D eigenvalue weighted by Gasteiger charge is -2.29. The highest BCUT2D eigenvalue weighted by Gasteiger charge is 2.23. The molecule has 1 fully saturated rings. The number of esters is 1. The van der Waals surface area contributed by atoms with Crippen molar-refractivity contribution in [3.63, 3.8) is 0 Å². The van der Waals surface area contributed by atoms with Gasteiger partial charge in [-0.2, -0.15) is 0 Å². The Balaban J connectivity index is 1.90. The summed E-state index contributed by atoms with van der Waals surface area (Å²) in [5.41, 5.74) is 0.334. The number of hydrogen-bond donors (Lipinski definition) is 1. The molecule has 0 unspecified atom stereocenters. The van der Waals surface area contributed by atoms with E-state index in [1.807, 2.05) is 13.8 Å². The molecule has 0 radical (unpaired) electrons. The molecule has 0 aliphatic heterocycles. The van der Waals surface area contributed by atoms with Gasteiger partial charge < -0.3 is 19.5 Å². The number of carbonyl (C=O) groups excluding carboxylic acids is 2. The molecule has 1 saturated carbocycles. The highest BCUT2D eigenvalue weighted by Crippen LogP contribution is 2.29. The summed E-state index contributed by atoms with van der Waals surface area (Å²) in [6.07, 6.45) is 5.32. The van der Waals surface area contributed by atoms with Crippen molar-refractivity contribution in [2.75, 3.05) is 19.8 Å². The zero-order valence-electron chi connectivity index (χ0n) is 16.6. The van der Waals surface area contributed by atoms with Crippen molar-refractivity contribution in [2.45, 2.75) is 58.9 Å². The lowest BCUT2D eigenvalue weighted by Crippen LogP contribution is -2.42. The number of amides is 1. The third-order valence-electron chi connectivity index (χ3n) is 4.73. The third-order valence-corrected chi connectivity index (χ3v) is 4.73. The first-order valence-electron chi connectivity index (χ1n) is 9.91. The average Bonchev–Trinajstić information content (AvgIpc) is 2.67. The monoisotopic (exact) mass is 377 g/mol. The first kappa shape index (κ1) is 21.1. The van der Waals surface area contributed by atoms with Crippen LogP contribution in [0.3, 0.4) is 0 Å². The van der Waals surface area contributed by atoms with Crippen molar-refractivity contribution in [3.05, 3.63) is 23.8 Å². The fourth-order valence-electron chi connectivity index (χ4n) is 3.23. The molecule has 27 heavy (non-hydrogen) atoms. The maximum Gasteiger partial charge on any atom is 0.338 e. The second-order valence-corrected chi connectivity index (χ2v) is 6.95. The summed E-state index contributed by atoms with van der Waals surface area (Å²) >= 11 is 0. The maximum atomic E-state index is 12.3. The largest absolute Gasteiger partial charge is 0.490 e. The van der Waals surface area contributed by atoms with E-state index in [1.165, 1.54) is 6.42 Å². The van der Waals surface area contributed by atoms with Crippen LogP contribution >= 0.6 is 0 Å². The van der Waals surface area contributed by atoms with Crippen molar-refractivity contribution in [1.29, 1.82) is 0 Å². The fourth-order valence-corrected chi connectivity index (χ4v) is 3.23. The van der Waals surface area contributed by atoms with E-state index in [0.717, 1.165) is 25.7 Å². The molecule has 1 aromatic rings. The average molecular weight is 377 g/mol. The predicted octanol–water partition coefficient (Wildman–Crippen LogP) is 3.73. The normalized spacial score (nSPS) is 19.2. The van der Waals surface area contributed by atoms with E-state index in [4.69, 9.17) is 14.2 Å². The minimum absolute atomic E-state index is 0.171. The van der Waals surface area contributed by atoms with E-state index in [-0.39, 0.29) is 18.6 Å². The molecule has 0 saturated heterocycles. The van der Waals surface area contributed by atoms with Crippen LogP contribution in [0.1, 0.15) is 63.2 Å². The summed E-state index contributed by atoms with van der Waals surface area (Å²) < 4.78 is 16.3. The fraction of sp³-hybridized carbons (Fsp3) is 0.619. The van der Waals surface area contributed by atoms with Gasteiger partial charge in [0.05, 0.1) is 18.8 Å². The Labute approximate surface area is 161 Å². The lowest BCUT2D eigenvalue weighted by molar-refractivity contribution is -0.125. The standard InChI is InChI=1S/C21H31NO5/c1-4-12-26-18-11-10-16(13-19(18)25-5-2)21(24)27-14-20(23)22-17-9-7-6-8-15(17)3/h10-11,13,15,17H,4-9,12,14H2,1-3H3,(H,22,23)/t15-,17-/m0/s1. The van der Waals surface area contributed by atoms with Crippen molar-refractivity contribution >= 4 is 11.9 Å². The Morgan fingerprint density at radius 2 is 1.89 bits per heavy atom. The molecular formula is C21H31NO5. The molecule has 0 aromatic heterocycles. The van der Waals surface area contributed by atoms with E-state index in [1.54, 1.807) is 18.2 Å². The van der Waals surface area contributed by atoms with E-state index >= 15 is 0 Å². The van der Waals surface area contributed by atoms with Crippen molar-refractivity contribution < 1.29 is 23.8 Å². The Morgan fingerprint density at radius 1 is 1.11 bits per heavy atom. The van der Waals surface area contributed by atoms with Crippen LogP contribution in [0, 0.1) is 5.92 Å². The topological polar surface area (TPSA) is 73.9 Å². The van der Waals surface area contributed by atoms with Crippen LogP contribution < -0.4 is 14.8 Å². The number of ether oxygens (including phenoxy) is 3. The second kappa shape index (κ2) is 10.8. The van der Waals surface area contributed by atoms with Crippen LogP contribution in [-0.4, -0.2) is 37.7 Å². The first-order chi connectivity index (χ1) is 13.0. The van der Waals surface area contributed by atoms with E-state index in [0.29, 0.717) is 36.2 Å². The van der Waals surface area contributed by atoms with Gasteiger partial charge in [-0.15, -0.1) is 0 Å². The van der Waals surface area contributed by atoms with Crippen LogP contribution in [0.25, 0.3) is 0 Å². The molecule has 6 heteroatoms. The summed E-state index contributed by atoms with van der Waals surface area (Å²) in [7, 11) is 0. The van der Waals surface area contributed by atoms with Gasteiger partial charge in [0, 0.05) is 6.04 Å². The van der Waals surface area contributed by atoms with E-state index < -0.39 is 5.97 Å². The SMILES string of the molecule is CCCOc1ccc(C(=O)OCC(=O)N[C@H]2CCCC[C@@H]2C)cc1OCC. The molecule has 0 heterocycles. The number of nitrogens with one attached hydrogen (secondary N) is 1. The summed E-state index contributed by atoms with van der Waals surface area (Å²) in [4.78, 5) is 24.4. The Bertz CT molecular complexity index is 631. The highest BCUT2D eigenvalue weighted by atomic mass is 16.5. The molecule has 0 spiro atoms. The molecule has 1 aromatic carbocycles. The van der Waals surface area contributed by atoms with E-state index in [2.05, 4.69) is 12.2 Å². The summed E-state index contributed by atoms with van der Waals surface area (Å²) in [5, 5.41) is 2.98. The third kappa shape index (κ3) is 6.45. The molecule has 1 aliphatic carbocycles. The van der Waals surface area contributed by atoms with Gasteiger partial charge >= 0.3 is 5.97 Å². The van der Waals surface area contributed by atoms with E-state index in [9.17, 15) is 9.59 Å². The zero-order valence-corrected chi connectivity index (χ0v) is 16.6. The van der Waals surface area contributed by atoms with Crippen LogP contribution in [0.15, 0.2) is 18.2 Å². The van der Waals surface area contributed by atoms with Crippen molar-refractivity contribution in [2.24, 2.45) is 5.92 Å². The van der Waals surface area contributed by atoms with Crippen molar-refractivity contribution in [3.8, 4) is 11.5 Å². The summed E-state index contributed by atoms with van der Waals surface area (Å²) in [5.74, 6) is 0.753. The quantitative estimate of drug-likeness (QED) is 0.664. The second-order valence-electron chi connectivity index (χ2n) is 6.95. The lowest BCUT2D eigenvalue weighted by atomic mass is 9.86. The molecule has 6 nitrogen and oxygen atoms in total. The Kier molecular flexibility index (Phi) is 8.43. The van der Waals surface area contributed by atoms with Gasteiger partial charge in [0.15, 0.2) is 18.1 Å². The van der Waals surface area contributed by atoms with Gasteiger partial charge in [-0.05, 0) is 50.3 Å². The zero-order chi connectivity index (χ0) is 19.6. The Hall–Kier alpha value is -2.24. The number of benzene rings is 1. The van der Waals surface area contributed by atoms with Crippen LogP contribution in [-0.2, 0) is 9.53 Å². The maximum absolute atomic E-state index is 12.3.